The smallest absolute Gasteiger partial charge is 0.268 e. The molecule has 1 heterocycles. The zero-order valence-corrected chi connectivity index (χ0v) is 11.5. The van der Waals surface area contributed by atoms with E-state index in [0.29, 0.717) is 22.7 Å². The molecule has 0 fully saturated rings. The first kappa shape index (κ1) is 13.4. The number of nitrogen functional groups attached to an aromatic ring is 1. The highest BCUT2D eigenvalue weighted by molar-refractivity contribution is 5.99. The van der Waals surface area contributed by atoms with Gasteiger partial charge in [0.1, 0.15) is 11.6 Å². The zero-order valence-electron chi connectivity index (χ0n) is 11.5. The van der Waals surface area contributed by atoms with Crippen molar-refractivity contribution in [3.05, 3.63) is 53.8 Å². The molecule has 21 heavy (non-hydrogen) atoms. The Labute approximate surface area is 121 Å². The standard InChI is InChI=1S/C16H15FN2O2/c1-10-16(20)19(14-4-2-3-5-15(14)21-10)9-11-6-12(17)8-13(18)7-11/h2-8,10H,9,18H2,1H3. The van der Waals surface area contributed by atoms with Crippen LogP contribution in [0.5, 0.6) is 5.75 Å². The number of para-hydroxylation sites is 2. The molecule has 0 radical (unpaired) electrons. The summed E-state index contributed by atoms with van der Waals surface area (Å²) < 4.78 is 19.0. The number of amides is 1. The third kappa shape index (κ3) is 2.54. The number of carbonyl (C=O) groups excluding carboxylic acids is 1. The molecule has 0 saturated heterocycles. The average molecular weight is 286 g/mol. The second kappa shape index (κ2) is 5.09. The molecule has 108 valence electrons. The Kier molecular flexibility index (Phi) is 3.25. The second-order valence-corrected chi connectivity index (χ2v) is 5.04. The lowest BCUT2D eigenvalue weighted by Crippen LogP contribution is -2.43. The molecular formula is C16H15FN2O2. The van der Waals surface area contributed by atoms with Crippen molar-refractivity contribution < 1.29 is 13.9 Å². The molecule has 0 saturated carbocycles. The number of hydrogen-bond acceptors (Lipinski definition) is 3. The van der Waals surface area contributed by atoms with Crippen LogP contribution in [0, 0.1) is 5.82 Å². The largest absolute Gasteiger partial charge is 0.479 e. The van der Waals surface area contributed by atoms with E-state index in [1.54, 1.807) is 17.9 Å². The number of benzene rings is 2. The number of hydrogen-bond donors (Lipinski definition) is 1. The van der Waals surface area contributed by atoms with Gasteiger partial charge in [0, 0.05) is 5.69 Å². The van der Waals surface area contributed by atoms with Crippen molar-refractivity contribution in [2.45, 2.75) is 19.6 Å². The summed E-state index contributed by atoms with van der Waals surface area (Å²) in [5.41, 5.74) is 7.32. The van der Waals surface area contributed by atoms with Gasteiger partial charge in [0.05, 0.1) is 12.2 Å². The number of carbonyl (C=O) groups is 1. The van der Waals surface area contributed by atoms with E-state index in [4.69, 9.17) is 10.5 Å². The van der Waals surface area contributed by atoms with Gasteiger partial charge in [-0.05, 0) is 42.8 Å². The predicted octanol–water partition coefficient (Wildman–Crippen LogP) is 2.72. The van der Waals surface area contributed by atoms with Gasteiger partial charge in [-0.1, -0.05) is 12.1 Å². The van der Waals surface area contributed by atoms with E-state index in [2.05, 4.69) is 0 Å². The van der Waals surface area contributed by atoms with Crippen LogP contribution >= 0.6 is 0 Å². The van der Waals surface area contributed by atoms with E-state index >= 15 is 0 Å². The molecule has 2 N–H and O–H groups in total. The Bertz CT molecular complexity index is 682. The molecule has 2 aromatic carbocycles. The Morgan fingerprint density at radius 2 is 2.05 bits per heavy atom. The van der Waals surface area contributed by atoms with Gasteiger partial charge >= 0.3 is 0 Å². The number of rotatable bonds is 2. The second-order valence-electron chi connectivity index (χ2n) is 5.04. The van der Waals surface area contributed by atoms with Gasteiger partial charge in [-0.25, -0.2) is 4.39 Å². The molecular weight excluding hydrogens is 271 g/mol. The Morgan fingerprint density at radius 1 is 1.29 bits per heavy atom. The molecule has 0 bridgehead atoms. The lowest BCUT2D eigenvalue weighted by molar-refractivity contribution is -0.125. The van der Waals surface area contributed by atoms with Gasteiger partial charge in [-0.3, -0.25) is 4.79 Å². The number of anilines is 2. The fourth-order valence-electron chi connectivity index (χ4n) is 2.47. The summed E-state index contributed by atoms with van der Waals surface area (Å²) in [4.78, 5) is 13.9. The maximum Gasteiger partial charge on any atom is 0.268 e. The molecule has 1 aliphatic rings. The Hall–Kier alpha value is -2.56. The monoisotopic (exact) mass is 286 g/mol. The average Bonchev–Trinajstić information content (AvgIpc) is 2.43. The van der Waals surface area contributed by atoms with Crippen molar-refractivity contribution >= 4 is 17.3 Å². The summed E-state index contributed by atoms with van der Waals surface area (Å²) in [5.74, 6) is 0.0811. The first-order chi connectivity index (χ1) is 10.0. The maximum atomic E-state index is 13.4. The molecule has 1 unspecified atom stereocenters. The first-order valence-electron chi connectivity index (χ1n) is 6.66. The third-order valence-electron chi connectivity index (χ3n) is 3.39. The van der Waals surface area contributed by atoms with E-state index in [9.17, 15) is 9.18 Å². The third-order valence-corrected chi connectivity index (χ3v) is 3.39. The predicted molar refractivity (Wildman–Crippen MR) is 78.5 cm³/mol. The van der Waals surface area contributed by atoms with Crippen LogP contribution in [0.1, 0.15) is 12.5 Å². The van der Waals surface area contributed by atoms with Gasteiger partial charge in [-0.15, -0.1) is 0 Å². The topological polar surface area (TPSA) is 55.6 Å². The highest BCUT2D eigenvalue weighted by atomic mass is 19.1. The SMILES string of the molecule is CC1Oc2ccccc2N(Cc2cc(N)cc(F)c2)C1=O. The number of halogens is 1. The van der Waals surface area contributed by atoms with Crippen molar-refractivity contribution in [2.75, 3.05) is 10.6 Å². The Morgan fingerprint density at radius 3 is 2.81 bits per heavy atom. The normalized spacial score (nSPS) is 17.3. The van der Waals surface area contributed by atoms with E-state index < -0.39 is 11.9 Å². The maximum absolute atomic E-state index is 13.4. The fourth-order valence-corrected chi connectivity index (χ4v) is 2.47. The molecule has 5 heteroatoms. The van der Waals surface area contributed by atoms with E-state index in [1.807, 2.05) is 24.3 Å². The summed E-state index contributed by atoms with van der Waals surface area (Å²) in [6, 6.07) is 11.6. The number of nitrogens with two attached hydrogens (primary N) is 1. The molecule has 0 aromatic heterocycles. The van der Waals surface area contributed by atoms with Crippen molar-refractivity contribution in [2.24, 2.45) is 0 Å². The van der Waals surface area contributed by atoms with Crippen LogP contribution in [-0.4, -0.2) is 12.0 Å². The fraction of sp³-hybridized carbons (Fsp3) is 0.188. The highest BCUT2D eigenvalue weighted by Crippen LogP contribution is 2.34. The van der Waals surface area contributed by atoms with Gasteiger partial charge in [-0.2, -0.15) is 0 Å². The van der Waals surface area contributed by atoms with Crippen molar-refractivity contribution in [3.8, 4) is 5.75 Å². The molecule has 3 rings (SSSR count). The quantitative estimate of drug-likeness (QED) is 0.864. The van der Waals surface area contributed by atoms with Crippen molar-refractivity contribution in [1.82, 2.24) is 0 Å². The molecule has 1 atom stereocenters. The minimum Gasteiger partial charge on any atom is -0.479 e. The van der Waals surface area contributed by atoms with Crippen LogP contribution in [0.25, 0.3) is 0 Å². The van der Waals surface area contributed by atoms with Gasteiger partial charge < -0.3 is 15.4 Å². The molecule has 1 amide bonds. The van der Waals surface area contributed by atoms with Crippen LogP contribution in [0.15, 0.2) is 42.5 Å². The molecule has 2 aromatic rings. The summed E-state index contributed by atoms with van der Waals surface area (Å²) in [5, 5.41) is 0. The van der Waals surface area contributed by atoms with Crippen LogP contribution < -0.4 is 15.4 Å². The minimum atomic E-state index is -0.564. The molecule has 1 aliphatic heterocycles. The summed E-state index contributed by atoms with van der Waals surface area (Å²) in [6.45, 7) is 1.96. The highest BCUT2D eigenvalue weighted by Gasteiger charge is 2.31. The van der Waals surface area contributed by atoms with Crippen molar-refractivity contribution in [3.63, 3.8) is 0 Å². The Balaban J connectivity index is 1.98. The lowest BCUT2D eigenvalue weighted by Gasteiger charge is -2.33. The number of ether oxygens (including phenoxy) is 1. The van der Waals surface area contributed by atoms with Crippen LogP contribution in [0.3, 0.4) is 0 Å². The first-order valence-corrected chi connectivity index (χ1v) is 6.66. The number of nitrogens with zero attached hydrogens (tertiary/aromatic N) is 1. The summed E-state index contributed by atoms with van der Waals surface area (Å²) in [6.07, 6.45) is -0.564. The lowest BCUT2D eigenvalue weighted by atomic mass is 10.1. The molecule has 0 spiro atoms. The molecule has 4 nitrogen and oxygen atoms in total. The molecule has 0 aliphatic carbocycles. The van der Waals surface area contributed by atoms with Crippen LogP contribution in [0.2, 0.25) is 0 Å². The van der Waals surface area contributed by atoms with Gasteiger partial charge in [0.25, 0.3) is 5.91 Å². The minimum absolute atomic E-state index is 0.156. The van der Waals surface area contributed by atoms with E-state index in [0.717, 1.165) is 0 Å². The zero-order chi connectivity index (χ0) is 15.0. The van der Waals surface area contributed by atoms with Gasteiger partial charge in [0.15, 0.2) is 6.10 Å². The van der Waals surface area contributed by atoms with Crippen molar-refractivity contribution in [1.29, 1.82) is 0 Å². The summed E-state index contributed by atoms with van der Waals surface area (Å²) in [7, 11) is 0. The van der Waals surface area contributed by atoms with Gasteiger partial charge in [0.2, 0.25) is 0 Å². The van der Waals surface area contributed by atoms with Crippen LogP contribution in [0.4, 0.5) is 15.8 Å². The van der Waals surface area contributed by atoms with E-state index in [-0.39, 0.29) is 12.5 Å². The van der Waals surface area contributed by atoms with E-state index in [1.165, 1.54) is 12.1 Å². The summed E-state index contributed by atoms with van der Waals surface area (Å²) >= 11 is 0. The van der Waals surface area contributed by atoms with Crippen LogP contribution in [-0.2, 0) is 11.3 Å². The number of fused-ring (bicyclic) bond motifs is 1.